The topological polar surface area (TPSA) is 93.7 Å². The molecule has 1 fully saturated rings. The van der Waals surface area contributed by atoms with Crippen molar-refractivity contribution in [3.05, 3.63) is 30.3 Å². The molecule has 2 rings (SSSR count). The van der Waals surface area contributed by atoms with Gasteiger partial charge in [0.05, 0.1) is 0 Å². The molecule has 0 spiro atoms. The van der Waals surface area contributed by atoms with Crippen LogP contribution in [0.25, 0.3) is 0 Å². The standard InChI is InChI=1S/C21H30N2O5/c1-15(22-19(24)14-27-18-12-8-5-9-13-18)21(26)28-16(2)20(25)23-17-10-6-3-4-7-11-17/h5,8-9,12-13,15-17H,3-4,6-7,10-11,14H2,1-2H3,(H,22,24)(H,23,25)/t15-,16+/m0/s1. The van der Waals surface area contributed by atoms with Crippen molar-refractivity contribution in [2.75, 3.05) is 6.61 Å². The zero-order valence-corrected chi connectivity index (χ0v) is 16.6. The molecule has 1 saturated carbocycles. The average Bonchev–Trinajstić information content (AvgIpc) is 2.95. The lowest BCUT2D eigenvalue weighted by Crippen LogP contribution is -2.46. The number of hydrogen-bond donors (Lipinski definition) is 2. The molecule has 2 amide bonds. The highest BCUT2D eigenvalue weighted by molar-refractivity contribution is 5.87. The van der Waals surface area contributed by atoms with Crippen LogP contribution >= 0.6 is 0 Å². The minimum atomic E-state index is -0.907. The maximum Gasteiger partial charge on any atom is 0.329 e. The molecule has 7 heteroatoms. The molecule has 1 aromatic rings. The van der Waals surface area contributed by atoms with Crippen LogP contribution in [0.2, 0.25) is 0 Å². The molecule has 0 radical (unpaired) electrons. The summed E-state index contributed by atoms with van der Waals surface area (Å²) in [5, 5.41) is 5.47. The zero-order chi connectivity index (χ0) is 20.4. The molecule has 1 aliphatic carbocycles. The van der Waals surface area contributed by atoms with E-state index in [0.717, 1.165) is 25.7 Å². The SMILES string of the molecule is C[C@H](NC(=O)COc1ccccc1)C(=O)O[C@H](C)C(=O)NC1CCCCCC1. The van der Waals surface area contributed by atoms with Crippen LogP contribution in [0.1, 0.15) is 52.4 Å². The quantitative estimate of drug-likeness (QED) is 0.525. The van der Waals surface area contributed by atoms with Crippen molar-refractivity contribution in [2.24, 2.45) is 0 Å². The van der Waals surface area contributed by atoms with Gasteiger partial charge in [-0.2, -0.15) is 0 Å². The smallest absolute Gasteiger partial charge is 0.329 e. The van der Waals surface area contributed by atoms with E-state index < -0.39 is 24.0 Å². The van der Waals surface area contributed by atoms with Crippen molar-refractivity contribution in [1.82, 2.24) is 10.6 Å². The van der Waals surface area contributed by atoms with Gasteiger partial charge >= 0.3 is 5.97 Å². The number of ether oxygens (including phenoxy) is 2. The molecule has 1 aromatic carbocycles. The van der Waals surface area contributed by atoms with Crippen LogP contribution in [0.15, 0.2) is 30.3 Å². The number of benzene rings is 1. The molecular formula is C21H30N2O5. The molecule has 2 atom stereocenters. The van der Waals surface area contributed by atoms with Crippen LogP contribution in [0.3, 0.4) is 0 Å². The van der Waals surface area contributed by atoms with Gasteiger partial charge in [0.2, 0.25) is 0 Å². The van der Waals surface area contributed by atoms with Gasteiger partial charge in [-0.05, 0) is 38.8 Å². The van der Waals surface area contributed by atoms with Crippen molar-refractivity contribution < 1.29 is 23.9 Å². The van der Waals surface area contributed by atoms with E-state index >= 15 is 0 Å². The third-order valence-electron chi connectivity index (χ3n) is 4.71. The number of esters is 1. The summed E-state index contributed by atoms with van der Waals surface area (Å²) in [6.07, 6.45) is 5.61. The third kappa shape index (κ3) is 7.58. The number of hydrogen-bond acceptors (Lipinski definition) is 5. The molecule has 0 saturated heterocycles. The summed E-state index contributed by atoms with van der Waals surface area (Å²) < 4.78 is 10.5. The zero-order valence-electron chi connectivity index (χ0n) is 16.6. The first-order valence-electron chi connectivity index (χ1n) is 9.94. The minimum absolute atomic E-state index is 0.142. The van der Waals surface area contributed by atoms with Crippen LogP contribution in [-0.2, 0) is 19.1 Å². The van der Waals surface area contributed by atoms with Crippen LogP contribution in [-0.4, -0.2) is 42.6 Å². The monoisotopic (exact) mass is 390 g/mol. The van der Waals surface area contributed by atoms with Gasteiger partial charge in [0, 0.05) is 6.04 Å². The van der Waals surface area contributed by atoms with Crippen molar-refractivity contribution in [2.45, 2.75) is 70.6 Å². The Morgan fingerprint density at radius 3 is 2.32 bits per heavy atom. The average molecular weight is 390 g/mol. The number of amides is 2. The Morgan fingerprint density at radius 1 is 1.04 bits per heavy atom. The largest absolute Gasteiger partial charge is 0.484 e. The minimum Gasteiger partial charge on any atom is -0.484 e. The first-order chi connectivity index (χ1) is 13.5. The predicted molar refractivity (Wildman–Crippen MR) is 105 cm³/mol. The van der Waals surface area contributed by atoms with Gasteiger partial charge in [-0.1, -0.05) is 43.9 Å². The van der Waals surface area contributed by atoms with E-state index in [9.17, 15) is 14.4 Å². The van der Waals surface area contributed by atoms with Gasteiger partial charge in [0.15, 0.2) is 12.7 Å². The first-order valence-corrected chi connectivity index (χ1v) is 9.94. The lowest BCUT2D eigenvalue weighted by atomic mass is 10.1. The van der Waals surface area contributed by atoms with Gasteiger partial charge in [-0.25, -0.2) is 4.79 Å². The van der Waals surface area contributed by atoms with Crippen LogP contribution < -0.4 is 15.4 Å². The van der Waals surface area contributed by atoms with Gasteiger partial charge in [-0.15, -0.1) is 0 Å². The summed E-state index contributed by atoms with van der Waals surface area (Å²) in [5.41, 5.74) is 0. The lowest BCUT2D eigenvalue weighted by molar-refractivity contribution is -0.157. The summed E-state index contributed by atoms with van der Waals surface area (Å²) >= 11 is 0. The Hall–Kier alpha value is -2.57. The summed E-state index contributed by atoms with van der Waals surface area (Å²) in [6, 6.07) is 8.18. The second-order valence-corrected chi connectivity index (χ2v) is 7.17. The second kappa shape index (κ2) is 11.3. The van der Waals surface area contributed by atoms with Crippen molar-refractivity contribution >= 4 is 17.8 Å². The van der Waals surface area contributed by atoms with Crippen LogP contribution in [0.5, 0.6) is 5.75 Å². The van der Waals surface area contributed by atoms with Crippen molar-refractivity contribution in [1.29, 1.82) is 0 Å². The lowest BCUT2D eigenvalue weighted by Gasteiger charge is -2.21. The number of carbonyl (C=O) groups is 3. The molecule has 0 aliphatic heterocycles. The summed E-state index contributed by atoms with van der Waals surface area (Å²) in [4.78, 5) is 36.3. The fourth-order valence-electron chi connectivity index (χ4n) is 3.08. The van der Waals surface area contributed by atoms with E-state index in [-0.39, 0.29) is 18.6 Å². The molecule has 0 aromatic heterocycles. The molecule has 1 aliphatic rings. The molecule has 154 valence electrons. The normalized spacial score (nSPS) is 16.9. The Labute approximate surface area is 166 Å². The molecule has 0 bridgehead atoms. The van der Waals surface area contributed by atoms with Gasteiger partial charge in [0.25, 0.3) is 11.8 Å². The van der Waals surface area contributed by atoms with E-state index in [4.69, 9.17) is 9.47 Å². The van der Waals surface area contributed by atoms with Gasteiger partial charge in [0.1, 0.15) is 11.8 Å². The summed E-state index contributed by atoms with van der Waals surface area (Å²) in [7, 11) is 0. The second-order valence-electron chi connectivity index (χ2n) is 7.17. The van der Waals surface area contributed by atoms with E-state index in [1.165, 1.54) is 26.7 Å². The number of nitrogens with one attached hydrogen (secondary N) is 2. The maximum absolute atomic E-state index is 12.3. The first kappa shape index (κ1) is 21.7. The summed E-state index contributed by atoms with van der Waals surface area (Å²) in [6.45, 7) is 2.84. The molecular weight excluding hydrogens is 360 g/mol. The highest BCUT2D eigenvalue weighted by Crippen LogP contribution is 2.17. The van der Waals surface area contributed by atoms with Crippen molar-refractivity contribution in [3.63, 3.8) is 0 Å². The highest BCUT2D eigenvalue weighted by atomic mass is 16.5. The maximum atomic E-state index is 12.3. The number of rotatable bonds is 8. The Balaban J connectivity index is 1.71. The van der Waals surface area contributed by atoms with Crippen LogP contribution in [0.4, 0.5) is 0 Å². The Kier molecular flexibility index (Phi) is 8.78. The third-order valence-corrected chi connectivity index (χ3v) is 4.71. The van der Waals surface area contributed by atoms with E-state index in [1.807, 2.05) is 6.07 Å². The molecule has 0 heterocycles. The Morgan fingerprint density at radius 2 is 1.68 bits per heavy atom. The predicted octanol–water partition coefficient (Wildman–Crippen LogP) is 2.34. The van der Waals surface area contributed by atoms with E-state index in [2.05, 4.69) is 10.6 Å². The number of carbonyl (C=O) groups excluding carboxylic acids is 3. The van der Waals surface area contributed by atoms with Crippen molar-refractivity contribution in [3.8, 4) is 5.75 Å². The molecule has 28 heavy (non-hydrogen) atoms. The number of para-hydroxylation sites is 1. The van der Waals surface area contributed by atoms with E-state index in [1.54, 1.807) is 24.3 Å². The van der Waals surface area contributed by atoms with E-state index in [0.29, 0.717) is 5.75 Å². The fourth-order valence-corrected chi connectivity index (χ4v) is 3.08. The summed E-state index contributed by atoms with van der Waals surface area (Å²) in [5.74, 6) is -0.830. The molecule has 0 unspecified atom stereocenters. The molecule has 7 nitrogen and oxygen atoms in total. The highest BCUT2D eigenvalue weighted by Gasteiger charge is 2.25. The fraction of sp³-hybridized carbons (Fsp3) is 0.571. The van der Waals surface area contributed by atoms with Gasteiger partial charge < -0.3 is 20.1 Å². The van der Waals surface area contributed by atoms with Crippen LogP contribution in [0, 0.1) is 0 Å². The Bertz CT molecular complexity index is 641. The molecule has 2 N–H and O–H groups in total. The van der Waals surface area contributed by atoms with Gasteiger partial charge in [-0.3, -0.25) is 9.59 Å².